The molecule has 6 heteroatoms. The Kier molecular flexibility index (Phi) is 5.67. The van der Waals surface area contributed by atoms with Gasteiger partial charge in [-0.15, -0.1) is 0 Å². The molecule has 130 valence electrons. The zero-order valence-corrected chi connectivity index (χ0v) is 15.1. The van der Waals surface area contributed by atoms with Crippen molar-refractivity contribution >= 4 is 35.0 Å². The highest BCUT2D eigenvalue weighted by molar-refractivity contribution is 6.42. The maximum Gasteiger partial charge on any atom is 0.251 e. The highest BCUT2D eigenvalue weighted by Crippen LogP contribution is 2.35. The molecule has 0 spiro atoms. The van der Waals surface area contributed by atoms with Gasteiger partial charge in [0.1, 0.15) is 0 Å². The number of fused-ring (bicyclic) bond motifs is 1. The summed E-state index contributed by atoms with van der Waals surface area (Å²) in [6.07, 6.45) is 6.23. The van der Waals surface area contributed by atoms with Gasteiger partial charge in [0.15, 0.2) is 0 Å². The van der Waals surface area contributed by atoms with Gasteiger partial charge < -0.3 is 10.2 Å². The minimum atomic E-state index is -0.311. The predicted octanol–water partition coefficient (Wildman–Crippen LogP) is 3.76. The number of nitrogens with one attached hydrogen (secondary N) is 1. The van der Waals surface area contributed by atoms with Crippen molar-refractivity contribution in [2.24, 2.45) is 11.8 Å². The number of carbonyl (C=O) groups is 2. The summed E-state index contributed by atoms with van der Waals surface area (Å²) in [6, 6.07) is 4.69. The topological polar surface area (TPSA) is 49.4 Å². The first-order valence-electron chi connectivity index (χ1n) is 8.55. The SMILES string of the molecule is O=C(NCC(=O)N1CC[C@@H]2CCCC[C@H]2C1)c1ccc(Cl)c(Cl)c1. The molecule has 1 aromatic rings. The van der Waals surface area contributed by atoms with E-state index < -0.39 is 0 Å². The number of piperidine rings is 1. The maximum absolute atomic E-state index is 12.4. The molecule has 2 atom stereocenters. The van der Waals surface area contributed by atoms with Crippen LogP contribution in [0.4, 0.5) is 0 Å². The fourth-order valence-electron chi connectivity index (χ4n) is 3.83. The molecule has 2 fully saturated rings. The number of likely N-dealkylation sites (tertiary alicyclic amines) is 1. The van der Waals surface area contributed by atoms with Crippen LogP contribution in [0, 0.1) is 11.8 Å². The van der Waals surface area contributed by atoms with E-state index in [9.17, 15) is 9.59 Å². The van der Waals surface area contributed by atoms with Gasteiger partial charge in [0, 0.05) is 18.7 Å². The Balaban J connectivity index is 1.51. The summed E-state index contributed by atoms with van der Waals surface area (Å²) < 4.78 is 0. The summed E-state index contributed by atoms with van der Waals surface area (Å²) in [7, 11) is 0. The number of hydrogen-bond acceptors (Lipinski definition) is 2. The van der Waals surface area contributed by atoms with Crippen LogP contribution in [0.5, 0.6) is 0 Å². The van der Waals surface area contributed by atoms with Gasteiger partial charge in [-0.2, -0.15) is 0 Å². The number of benzene rings is 1. The molecule has 1 aromatic carbocycles. The van der Waals surface area contributed by atoms with Gasteiger partial charge in [-0.05, 0) is 42.9 Å². The van der Waals surface area contributed by atoms with Crippen molar-refractivity contribution in [1.29, 1.82) is 0 Å². The van der Waals surface area contributed by atoms with Crippen molar-refractivity contribution in [3.05, 3.63) is 33.8 Å². The maximum atomic E-state index is 12.4. The second kappa shape index (κ2) is 7.75. The van der Waals surface area contributed by atoms with E-state index in [1.165, 1.54) is 31.7 Å². The van der Waals surface area contributed by atoms with Gasteiger partial charge in [-0.3, -0.25) is 9.59 Å². The van der Waals surface area contributed by atoms with Gasteiger partial charge in [0.25, 0.3) is 5.91 Å². The molecule has 1 aliphatic heterocycles. The average Bonchev–Trinajstić information content (AvgIpc) is 2.61. The van der Waals surface area contributed by atoms with Gasteiger partial charge in [0.2, 0.25) is 5.91 Å². The second-order valence-corrected chi connectivity index (χ2v) is 7.56. The van der Waals surface area contributed by atoms with E-state index >= 15 is 0 Å². The number of carbonyl (C=O) groups excluding carboxylic acids is 2. The number of amides is 2. The van der Waals surface area contributed by atoms with Gasteiger partial charge in [0.05, 0.1) is 16.6 Å². The van der Waals surface area contributed by atoms with Crippen molar-refractivity contribution in [3.63, 3.8) is 0 Å². The summed E-state index contributed by atoms with van der Waals surface area (Å²) in [4.78, 5) is 26.4. The lowest BCUT2D eigenvalue weighted by Crippen LogP contribution is -2.48. The minimum Gasteiger partial charge on any atom is -0.343 e. The Morgan fingerprint density at radius 1 is 1.08 bits per heavy atom. The molecule has 1 saturated carbocycles. The zero-order chi connectivity index (χ0) is 17.1. The Morgan fingerprint density at radius 3 is 2.58 bits per heavy atom. The standard InChI is InChI=1S/C18H22Cl2N2O2/c19-15-6-5-13(9-16(15)20)18(24)21-10-17(23)22-8-7-12-3-1-2-4-14(12)11-22/h5-6,9,12,14H,1-4,7-8,10-11H2,(H,21,24)/t12-,14-/m0/s1. The van der Waals surface area contributed by atoms with Crippen LogP contribution in [0.1, 0.15) is 42.5 Å². The summed E-state index contributed by atoms with van der Waals surface area (Å²) in [5.74, 6) is 1.11. The quantitative estimate of drug-likeness (QED) is 0.882. The predicted molar refractivity (Wildman–Crippen MR) is 95.4 cm³/mol. The highest BCUT2D eigenvalue weighted by atomic mass is 35.5. The number of hydrogen-bond donors (Lipinski definition) is 1. The second-order valence-electron chi connectivity index (χ2n) is 6.74. The Bertz CT molecular complexity index is 635. The van der Waals surface area contributed by atoms with Crippen molar-refractivity contribution in [1.82, 2.24) is 10.2 Å². The molecule has 1 saturated heterocycles. The van der Waals surface area contributed by atoms with Crippen LogP contribution in [0.3, 0.4) is 0 Å². The summed E-state index contributed by atoms with van der Waals surface area (Å²) >= 11 is 11.8. The normalized spacial score (nSPS) is 23.5. The zero-order valence-electron chi connectivity index (χ0n) is 13.6. The molecule has 1 aliphatic carbocycles. The monoisotopic (exact) mass is 368 g/mol. The van der Waals surface area contributed by atoms with Gasteiger partial charge in [-0.25, -0.2) is 0 Å². The van der Waals surface area contributed by atoms with Crippen molar-refractivity contribution in [2.75, 3.05) is 19.6 Å². The molecule has 2 aliphatic rings. The first-order chi connectivity index (χ1) is 11.5. The summed E-state index contributed by atoms with van der Waals surface area (Å²) in [5.41, 5.74) is 0.406. The Hall–Kier alpha value is -1.26. The van der Waals surface area contributed by atoms with Crippen LogP contribution < -0.4 is 5.32 Å². The molecule has 2 amide bonds. The largest absolute Gasteiger partial charge is 0.343 e. The number of rotatable bonds is 3. The smallest absolute Gasteiger partial charge is 0.251 e. The van der Waals surface area contributed by atoms with E-state index in [1.807, 2.05) is 4.90 Å². The average molecular weight is 369 g/mol. The molecule has 1 N–H and O–H groups in total. The molecular formula is C18H22Cl2N2O2. The number of nitrogens with zero attached hydrogens (tertiary/aromatic N) is 1. The molecule has 0 aromatic heterocycles. The van der Waals surface area contributed by atoms with E-state index in [0.29, 0.717) is 21.5 Å². The molecule has 4 nitrogen and oxygen atoms in total. The summed E-state index contributed by atoms with van der Waals surface area (Å²) in [5, 5.41) is 3.41. The Labute approximate surface area is 152 Å². The van der Waals surface area contributed by atoms with Crippen LogP contribution in [0.25, 0.3) is 0 Å². The van der Waals surface area contributed by atoms with Crippen LogP contribution >= 0.6 is 23.2 Å². The minimum absolute atomic E-state index is 0.00701. The number of halogens is 2. The first kappa shape index (κ1) is 17.6. The lowest BCUT2D eigenvalue weighted by molar-refractivity contribution is -0.133. The third-order valence-corrected chi connectivity index (χ3v) is 5.96. The van der Waals surface area contributed by atoms with E-state index in [0.717, 1.165) is 25.4 Å². The third-order valence-electron chi connectivity index (χ3n) is 5.23. The van der Waals surface area contributed by atoms with Gasteiger partial charge in [-0.1, -0.05) is 42.5 Å². The molecule has 1 heterocycles. The molecule has 0 radical (unpaired) electrons. The fraction of sp³-hybridized carbons (Fsp3) is 0.556. The lowest BCUT2D eigenvalue weighted by atomic mass is 9.75. The fourth-order valence-corrected chi connectivity index (χ4v) is 4.13. The third kappa shape index (κ3) is 4.04. The van der Waals surface area contributed by atoms with Crippen molar-refractivity contribution in [2.45, 2.75) is 32.1 Å². The Morgan fingerprint density at radius 2 is 1.83 bits per heavy atom. The van der Waals surface area contributed by atoms with Crippen LogP contribution in [0.2, 0.25) is 10.0 Å². The molecular weight excluding hydrogens is 347 g/mol. The van der Waals surface area contributed by atoms with Crippen LogP contribution in [-0.4, -0.2) is 36.3 Å². The molecule has 0 unspecified atom stereocenters. The molecule has 24 heavy (non-hydrogen) atoms. The van der Waals surface area contributed by atoms with E-state index in [4.69, 9.17) is 23.2 Å². The van der Waals surface area contributed by atoms with Crippen LogP contribution in [0.15, 0.2) is 18.2 Å². The van der Waals surface area contributed by atoms with Gasteiger partial charge >= 0.3 is 0 Å². The molecule has 3 rings (SSSR count). The van der Waals surface area contributed by atoms with Crippen molar-refractivity contribution < 1.29 is 9.59 Å². The van der Waals surface area contributed by atoms with E-state index in [2.05, 4.69) is 5.32 Å². The molecule has 0 bridgehead atoms. The van der Waals surface area contributed by atoms with Crippen LogP contribution in [-0.2, 0) is 4.79 Å². The van der Waals surface area contributed by atoms with E-state index in [1.54, 1.807) is 12.1 Å². The lowest BCUT2D eigenvalue weighted by Gasteiger charge is -2.41. The summed E-state index contributed by atoms with van der Waals surface area (Å²) in [6.45, 7) is 1.67. The van der Waals surface area contributed by atoms with Crippen molar-refractivity contribution in [3.8, 4) is 0 Å². The first-order valence-corrected chi connectivity index (χ1v) is 9.31. The highest BCUT2D eigenvalue weighted by Gasteiger charge is 2.32. The van der Waals surface area contributed by atoms with E-state index in [-0.39, 0.29) is 18.4 Å².